The van der Waals surface area contributed by atoms with E-state index in [2.05, 4.69) is 131 Å². The van der Waals surface area contributed by atoms with Crippen molar-refractivity contribution in [2.45, 2.75) is 67.3 Å². The predicted molar refractivity (Wildman–Crippen MR) is 211 cm³/mol. The Balaban J connectivity index is 0.000000234. The lowest BCUT2D eigenvalue weighted by Gasteiger charge is -2.44. The van der Waals surface area contributed by atoms with Crippen LogP contribution in [0.25, 0.3) is 0 Å². The smallest absolute Gasteiger partial charge is 0.311 e. The fourth-order valence-corrected chi connectivity index (χ4v) is 5.93. The van der Waals surface area contributed by atoms with E-state index in [1.54, 1.807) is 0 Å². The van der Waals surface area contributed by atoms with E-state index < -0.39 is 6.15 Å². The number of ether oxygens (including phenoxy) is 2. The summed E-state index contributed by atoms with van der Waals surface area (Å²) in [6.07, 6.45) is 7.27. The number of benzene rings is 4. The Hall–Kier alpha value is -4.91. The first-order valence-corrected chi connectivity index (χ1v) is 18.1. The molecule has 7 heteroatoms. The van der Waals surface area contributed by atoms with Crippen LogP contribution in [0, 0.1) is 10.8 Å². The summed E-state index contributed by atoms with van der Waals surface area (Å²) in [4.78, 5) is 22.5. The number of aromatic nitrogens is 2. The molecule has 5 rings (SSSR count). The molecular formula is C44H57BN2O4. The molecule has 270 valence electrons. The number of rotatable bonds is 12. The molecule has 0 amide bonds. The van der Waals surface area contributed by atoms with E-state index in [1.807, 2.05) is 71.9 Å². The topological polar surface area (TPSA) is 61.4 Å². The van der Waals surface area contributed by atoms with Gasteiger partial charge in [-0.05, 0) is 40.5 Å². The summed E-state index contributed by atoms with van der Waals surface area (Å²) < 4.78 is 13.9. The van der Waals surface area contributed by atoms with E-state index in [9.17, 15) is 9.59 Å². The Labute approximate surface area is 306 Å². The molecule has 0 fully saturated rings. The van der Waals surface area contributed by atoms with Gasteiger partial charge in [-0.2, -0.15) is 21.9 Å². The van der Waals surface area contributed by atoms with Gasteiger partial charge in [0, 0.05) is 6.42 Å². The second kappa shape index (κ2) is 19.5. The van der Waals surface area contributed by atoms with Crippen molar-refractivity contribution in [1.82, 2.24) is 4.57 Å². The highest BCUT2D eigenvalue weighted by Crippen LogP contribution is 2.22. The Morgan fingerprint density at radius 1 is 0.647 bits per heavy atom. The highest BCUT2D eigenvalue weighted by molar-refractivity contribution is 7.19. The maximum atomic E-state index is 11.7. The molecule has 0 aliphatic heterocycles. The van der Waals surface area contributed by atoms with Gasteiger partial charge in [-0.25, -0.2) is 9.13 Å². The molecule has 1 heterocycles. The fourth-order valence-electron chi connectivity index (χ4n) is 5.93. The van der Waals surface area contributed by atoms with Crippen molar-refractivity contribution < 1.29 is 23.6 Å². The van der Waals surface area contributed by atoms with Gasteiger partial charge in [-0.3, -0.25) is 9.59 Å². The van der Waals surface area contributed by atoms with Crippen molar-refractivity contribution in [3.63, 3.8) is 0 Å². The molecule has 4 aromatic carbocycles. The van der Waals surface area contributed by atoms with Crippen LogP contribution in [0.1, 0.15) is 60.8 Å². The summed E-state index contributed by atoms with van der Waals surface area (Å²) >= 11 is 0. The average molecular weight is 689 g/mol. The SMILES string of the molecule is CCC(C)(C)C(=O)OC.CCC(C)(C)C(=O)OCCCn1cc[n+](C)c1.c1ccc([B-](c2ccccc2)(c2ccccc2)c2ccccc2)cc1. The van der Waals surface area contributed by atoms with Crippen molar-refractivity contribution in [3.05, 3.63) is 140 Å². The third-order valence-electron chi connectivity index (χ3n) is 9.87. The van der Waals surface area contributed by atoms with Crippen LogP contribution in [0.15, 0.2) is 140 Å². The van der Waals surface area contributed by atoms with Gasteiger partial charge in [-0.15, -0.1) is 0 Å². The maximum absolute atomic E-state index is 11.7. The Morgan fingerprint density at radius 2 is 1.02 bits per heavy atom. The number of hydrogen-bond acceptors (Lipinski definition) is 4. The highest BCUT2D eigenvalue weighted by Gasteiger charge is 2.31. The molecule has 51 heavy (non-hydrogen) atoms. The van der Waals surface area contributed by atoms with Crippen LogP contribution in [0.3, 0.4) is 0 Å². The number of methoxy groups -OCH3 is 1. The van der Waals surface area contributed by atoms with Gasteiger partial charge in [0.2, 0.25) is 6.33 Å². The number of esters is 2. The second-order valence-electron chi connectivity index (χ2n) is 14.3. The fraction of sp³-hybridized carbons (Fsp3) is 0.341. The molecule has 0 atom stereocenters. The zero-order chi connectivity index (χ0) is 37.3. The van der Waals surface area contributed by atoms with E-state index in [0.29, 0.717) is 6.61 Å². The van der Waals surface area contributed by atoms with Crippen LogP contribution in [0.2, 0.25) is 0 Å². The van der Waals surface area contributed by atoms with Crippen molar-refractivity contribution >= 4 is 39.9 Å². The predicted octanol–water partition coefficient (Wildman–Crippen LogP) is 6.34. The van der Waals surface area contributed by atoms with E-state index >= 15 is 0 Å². The molecule has 0 aliphatic carbocycles. The molecule has 0 unspecified atom stereocenters. The van der Waals surface area contributed by atoms with Crippen molar-refractivity contribution in [2.24, 2.45) is 17.9 Å². The third kappa shape index (κ3) is 11.0. The Kier molecular flexibility index (Phi) is 15.5. The summed E-state index contributed by atoms with van der Waals surface area (Å²) in [7, 11) is 3.40. The van der Waals surface area contributed by atoms with Gasteiger partial charge in [-0.1, -0.05) is 135 Å². The van der Waals surface area contributed by atoms with Crippen LogP contribution in [-0.4, -0.2) is 36.4 Å². The van der Waals surface area contributed by atoms with Crippen molar-refractivity contribution in [1.29, 1.82) is 0 Å². The monoisotopic (exact) mass is 688 g/mol. The number of imidazole rings is 1. The van der Waals surface area contributed by atoms with Gasteiger partial charge in [0.1, 0.15) is 18.5 Å². The molecule has 0 aliphatic rings. The van der Waals surface area contributed by atoms with Crippen LogP contribution in [-0.2, 0) is 32.7 Å². The lowest BCUT2D eigenvalue weighted by molar-refractivity contribution is -0.671. The number of aryl methyl sites for hydroxylation is 2. The number of hydrogen-bond donors (Lipinski definition) is 0. The highest BCUT2D eigenvalue weighted by atomic mass is 16.5. The standard InChI is InChI=1S/C24H20B.C13H23N2O2.C7H14O2/c1-5-13-21(14-6-1)25(22-15-7-2-8-16-22,23-17-9-3-10-18-23)24-19-11-4-12-20-24;1-5-13(2,3)12(16)17-10-6-7-15-9-8-14(4)11-15;1-5-7(2,3)6(8)9-4/h1-20H;8-9,11H,5-7,10H2,1-4H3;5H2,1-4H3/q-1;+1;. The summed E-state index contributed by atoms with van der Waals surface area (Å²) in [6, 6.07) is 43.5. The van der Waals surface area contributed by atoms with E-state index in [-0.39, 0.29) is 22.8 Å². The lowest BCUT2D eigenvalue weighted by Crippen LogP contribution is -2.74. The molecule has 5 aromatic rings. The minimum absolute atomic E-state index is 0.0990. The summed E-state index contributed by atoms with van der Waals surface area (Å²) in [5, 5.41) is 0. The maximum Gasteiger partial charge on any atom is 0.311 e. The third-order valence-corrected chi connectivity index (χ3v) is 9.87. The largest absolute Gasteiger partial charge is 0.469 e. The van der Waals surface area contributed by atoms with Crippen molar-refractivity contribution in [2.75, 3.05) is 13.7 Å². The van der Waals surface area contributed by atoms with Crippen LogP contribution >= 0.6 is 0 Å². The zero-order valence-electron chi connectivity index (χ0n) is 31.9. The number of carbonyl (C=O) groups is 2. The average Bonchev–Trinajstić information content (AvgIpc) is 3.60. The van der Waals surface area contributed by atoms with Gasteiger partial charge < -0.3 is 9.47 Å². The molecule has 0 radical (unpaired) electrons. The molecule has 1 aromatic heterocycles. The van der Waals surface area contributed by atoms with Gasteiger partial charge in [0.15, 0.2) is 0 Å². The van der Waals surface area contributed by atoms with E-state index in [0.717, 1.165) is 25.8 Å². The molecule has 0 spiro atoms. The van der Waals surface area contributed by atoms with Gasteiger partial charge >= 0.3 is 11.9 Å². The molecule has 6 nitrogen and oxygen atoms in total. The summed E-state index contributed by atoms with van der Waals surface area (Å²) in [5.41, 5.74) is 4.68. The van der Waals surface area contributed by atoms with E-state index in [4.69, 9.17) is 4.74 Å². The molecule has 0 bridgehead atoms. The second-order valence-corrected chi connectivity index (χ2v) is 14.3. The minimum Gasteiger partial charge on any atom is -0.469 e. The normalized spacial score (nSPS) is 11.3. The lowest BCUT2D eigenvalue weighted by atomic mass is 9.13. The van der Waals surface area contributed by atoms with Crippen LogP contribution in [0.5, 0.6) is 0 Å². The minimum atomic E-state index is -1.22. The first-order chi connectivity index (χ1) is 24.4. The number of nitrogens with zero attached hydrogens (tertiary/aromatic N) is 2. The molecule has 0 saturated heterocycles. The molecule has 0 saturated carbocycles. The Bertz CT molecular complexity index is 1570. The first-order valence-electron chi connectivity index (χ1n) is 18.1. The summed E-state index contributed by atoms with van der Waals surface area (Å²) in [6.45, 7) is 12.9. The van der Waals surface area contributed by atoms with Crippen LogP contribution in [0.4, 0.5) is 0 Å². The van der Waals surface area contributed by atoms with E-state index in [1.165, 1.54) is 29.0 Å². The Morgan fingerprint density at radius 3 is 1.31 bits per heavy atom. The summed E-state index contributed by atoms with van der Waals surface area (Å²) in [5.74, 6) is -0.233. The first kappa shape index (κ1) is 40.5. The van der Waals surface area contributed by atoms with Crippen molar-refractivity contribution in [3.8, 4) is 0 Å². The van der Waals surface area contributed by atoms with Gasteiger partial charge in [0.25, 0.3) is 0 Å². The van der Waals surface area contributed by atoms with Crippen LogP contribution < -0.4 is 26.4 Å². The number of carbonyl (C=O) groups excluding carboxylic acids is 2. The van der Waals surface area contributed by atoms with Gasteiger partial charge in [0.05, 0.1) is 38.1 Å². The molecule has 0 N–H and O–H groups in total. The quantitative estimate of drug-likeness (QED) is 0.0665. The molecular weight excluding hydrogens is 631 g/mol. The zero-order valence-corrected chi connectivity index (χ0v) is 31.9.